The third kappa shape index (κ3) is 6.22. The fourth-order valence-corrected chi connectivity index (χ4v) is 4.46. The molecule has 4 rings (SSSR count). The van der Waals surface area contributed by atoms with E-state index in [4.69, 9.17) is 28.3 Å². The number of hydrogen-bond donors (Lipinski definition) is 3. The number of nitrogens with zero attached hydrogens (tertiary/aromatic N) is 5. The number of nitrogens with one attached hydrogen (secondary N) is 1. The molecule has 1 aliphatic rings. The highest BCUT2D eigenvalue weighted by atomic mass is 35.5. The minimum absolute atomic E-state index is 0.0933. The number of hydrogen-bond acceptors (Lipinski definition) is 8. The number of phenols is 1. The third-order valence-corrected chi connectivity index (χ3v) is 6.51. The summed E-state index contributed by atoms with van der Waals surface area (Å²) in [6.07, 6.45) is 2.63. The van der Waals surface area contributed by atoms with Crippen LogP contribution < -0.4 is 10.2 Å². The molecule has 1 saturated heterocycles. The number of benzene rings is 2. The van der Waals surface area contributed by atoms with Gasteiger partial charge in [0.25, 0.3) is 0 Å². The lowest BCUT2D eigenvalue weighted by Gasteiger charge is -2.35. The molecule has 11 heteroatoms. The van der Waals surface area contributed by atoms with E-state index in [0.717, 1.165) is 30.5 Å². The Hall–Kier alpha value is -2.98. The molecule has 0 bridgehead atoms. The van der Waals surface area contributed by atoms with Crippen molar-refractivity contribution in [1.82, 2.24) is 14.9 Å². The number of anilines is 3. The molecule has 1 fully saturated rings. The van der Waals surface area contributed by atoms with Crippen LogP contribution >= 0.6 is 23.2 Å². The van der Waals surface area contributed by atoms with E-state index in [1.165, 1.54) is 6.21 Å². The first-order valence-electron chi connectivity index (χ1n) is 11.5. The molecule has 0 aliphatic carbocycles. The van der Waals surface area contributed by atoms with E-state index in [1.807, 2.05) is 24.0 Å². The van der Waals surface area contributed by atoms with Crippen LogP contribution in [0.5, 0.6) is 5.75 Å². The molecule has 0 atom stereocenters. The number of aliphatic hydroxyl groups is 1. The molecule has 3 N–H and O–H groups in total. The van der Waals surface area contributed by atoms with E-state index < -0.39 is 5.82 Å². The first-order chi connectivity index (χ1) is 17.4. The zero-order chi connectivity index (χ0) is 25.7. The van der Waals surface area contributed by atoms with Gasteiger partial charge in [0.05, 0.1) is 35.1 Å². The van der Waals surface area contributed by atoms with E-state index in [9.17, 15) is 9.50 Å². The van der Waals surface area contributed by atoms with E-state index in [0.29, 0.717) is 41.7 Å². The van der Waals surface area contributed by atoms with Gasteiger partial charge in [-0.1, -0.05) is 35.3 Å². The molecule has 2 aromatic carbocycles. The summed E-state index contributed by atoms with van der Waals surface area (Å²) in [6, 6.07) is 8.89. The highest BCUT2D eigenvalue weighted by molar-refractivity contribution is 6.34. The quantitative estimate of drug-likeness (QED) is 0.292. The smallest absolute Gasteiger partial charge is 0.183 e. The van der Waals surface area contributed by atoms with Crippen molar-refractivity contribution < 1.29 is 14.6 Å². The van der Waals surface area contributed by atoms with Crippen molar-refractivity contribution in [3.05, 3.63) is 69.3 Å². The maximum atomic E-state index is 14.4. The first kappa shape index (κ1) is 26.1. The maximum Gasteiger partial charge on any atom is 0.183 e. The molecule has 1 aliphatic heterocycles. The van der Waals surface area contributed by atoms with Gasteiger partial charge in [0.2, 0.25) is 0 Å². The summed E-state index contributed by atoms with van der Waals surface area (Å²) in [6.45, 7) is 5.38. The van der Waals surface area contributed by atoms with Gasteiger partial charge in [-0.15, -0.1) is 0 Å². The lowest BCUT2D eigenvalue weighted by Crippen LogP contribution is -2.47. The second kappa shape index (κ2) is 11.8. The third-order valence-electron chi connectivity index (χ3n) is 5.91. The largest absolute Gasteiger partial charge is 0.506 e. The predicted molar refractivity (Wildman–Crippen MR) is 142 cm³/mol. The summed E-state index contributed by atoms with van der Waals surface area (Å²) >= 11 is 12.6. The Labute approximate surface area is 219 Å². The molecular weight excluding hydrogens is 506 g/mol. The SMILES string of the molecule is Cc1cccc(Cl)c1Nc1cc(Cl)c(O)c(C=NCc2ncc(F)c(N3CCN(CCO)CC3)n2)c1. The van der Waals surface area contributed by atoms with Gasteiger partial charge in [0.1, 0.15) is 5.75 Å². The van der Waals surface area contributed by atoms with Crippen LogP contribution in [0, 0.1) is 12.7 Å². The monoisotopic (exact) mass is 532 g/mol. The molecule has 36 heavy (non-hydrogen) atoms. The minimum atomic E-state index is -0.489. The topological polar surface area (TPSA) is 97.1 Å². The number of β-amino-alcohol motifs (C(OH)–C–C–N with tert-alkyl or cyclic N) is 1. The van der Waals surface area contributed by atoms with Gasteiger partial charge in [0, 0.05) is 50.2 Å². The summed E-state index contributed by atoms with van der Waals surface area (Å²) in [5.74, 6) is -0.00207. The van der Waals surface area contributed by atoms with Crippen molar-refractivity contribution in [3.8, 4) is 5.75 Å². The zero-order valence-electron chi connectivity index (χ0n) is 19.8. The van der Waals surface area contributed by atoms with Crippen molar-refractivity contribution in [2.24, 2.45) is 4.99 Å². The summed E-state index contributed by atoms with van der Waals surface area (Å²) in [5.41, 5.74) is 2.74. The van der Waals surface area contributed by atoms with E-state index in [2.05, 4.69) is 25.2 Å². The van der Waals surface area contributed by atoms with Crippen LogP contribution in [-0.2, 0) is 6.54 Å². The van der Waals surface area contributed by atoms with Gasteiger partial charge in [0.15, 0.2) is 17.5 Å². The Balaban J connectivity index is 1.47. The average molecular weight is 533 g/mol. The molecule has 0 radical (unpaired) electrons. The Morgan fingerprint density at radius 2 is 1.94 bits per heavy atom. The molecule has 8 nitrogen and oxygen atoms in total. The second-order valence-corrected chi connectivity index (χ2v) is 9.25. The van der Waals surface area contributed by atoms with Crippen molar-refractivity contribution in [1.29, 1.82) is 0 Å². The van der Waals surface area contributed by atoms with Crippen LogP contribution in [0.1, 0.15) is 17.0 Å². The fraction of sp³-hybridized carbons (Fsp3) is 0.320. The number of para-hydroxylation sites is 1. The lowest BCUT2D eigenvalue weighted by atomic mass is 10.1. The normalized spacial score (nSPS) is 14.5. The second-order valence-electron chi connectivity index (χ2n) is 8.43. The van der Waals surface area contributed by atoms with Crippen molar-refractivity contribution in [3.63, 3.8) is 0 Å². The number of aryl methyl sites for hydroxylation is 1. The molecule has 3 aromatic rings. The van der Waals surface area contributed by atoms with E-state index >= 15 is 0 Å². The van der Waals surface area contributed by atoms with Gasteiger partial charge in [-0.2, -0.15) is 0 Å². The van der Waals surface area contributed by atoms with Gasteiger partial charge in [-0.05, 0) is 30.7 Å². The van der Waals surface area contributed by atoms with Crippen LogP contribution in [0.25, 0.3) is 0 Å². The highest BCUT2D eigenvalue weighted by Crippen LogP contribution is 2.34. The Morgan fingerprint density at radius 3 is 2.67 bits per heavy atom. The van der Waals surface area contributed by atoms with E-state index in [-0.39, 0.29) is 29.7 Å². The number of phenolic OH excluding ortho intramolecular Hbond substituents is 1. The van der Waals surface area contributed by atoms with Crippen LogP contribution in [0.15, 0.2) is 41.5 Å². The summed E-state index contributed by atoms with van der Waals surface area (Å²) < 4.78 is 14.4. The number of rotatable bonds is 8. The molecule has 1 aromatic heterocycles. The van der Waals surface area contributed by atoms with Crippen LogP contribution in [0.4, 0.5) is 21.6 Å². The van der Waals surface area contributed by atoms with Crippen LogP contribution in [-0.4, -0.2) is 70.6 Å². The molecule has 0 saturated carbocycles. The Kier molecular flexibility index (Phi) is 8.58. The van der Waals surface area contributed by atoms with Crippen molar-refractivity contribution in [2.45, 2.75) is 13.5 Å². The van der Waals surface area contributed by atoms with Gasteiger partial charge < -0.3 is 20.4 Å². The standard InChI is InChI=1S/C25H27Cl2FN6O2/c1-16-3-2-4-19(26)23(16)31-18-11-17(24(36)20(27)12-18)13-29-15-22-30-14-21(28)25(32-22)34-7-5-33(6-8-34)9-10-35/h2-4,11-14,31,35-36H,5-10,15H2,1H3. The number of aromatic nitrogens is 2. The van der Waals surface area contributed by atoms with Crippen molar-refractivity contribution in [2.75, 3.05) is 49.5 Å². The molecule has 2 heterocycles. The number of aliphatic imine (C=N–C) groups is 1. The Morgan fingerprint density at radius 1 is 1.17 bits per heavy atom. The van der Waals surface area contributed by atoms with Crippen LogP contribution in [0.3, 0.4) is 0 Å². The zero-order valence-corrected chi connectivity index (χ0v) is 21.3. The van der Waals surface area contributed by atoms with Gasteiger partial charge in [-0.25, -0.2) is 14.4 Å². The summed E-state index contributed by atoms with van der Waals surface area (Å²) in [5, 5.41) is 23.5. The number of aliphatic hydroxyl groups excluding tert-OH is 1. The minimum Gasteiger partial charge on any atom is -0.506 e. The number of piperazine rings is 1. The summed E-state index contributed by atoms with van der Waals surface area (Å²) in [4.78, 5) is 16.8. The molecule has 0 amide bonds. The van der Waals surface area contributed by atoms with Crippen LogP contribution in [0.2, 0.25) is 10.0 Å². The van der Waals surface area contributed by atoms with Gasteiger partial charge in [-0.3, -0.25) is 9.89 Å². The fourth-order valence-electron chi connectivity index (χ4n) is 3.97. The average Bonchev–Trinajstić information content (AvgIpc) is 2.86. The highest BCUT2D eigenvalue weighted by Gasteiger charge is 2.21. The lowest BCUT2D eigenvalue weighted by molar-refractivity contribution is 0.188. The molecule has 190 valence electrons. The maximum absolute atomic E-state index is 14.4. The molecule has 0 spiro atoms. The Bertz CT molecular complexity index is 1230. The number of halogens is 3. The predicted octanol–water partition coefficient (Wildman–Crippen LogP) is 4.41. The van der Waals surface area contributed by atoms with Gasteiger partial charge >= 0.3 is 0 Å². The summed E-state index contributed by atoms with van der Waals surface area (Å²) in [7, 11) is 0. The number of aromatic hydroxyl groups is 1. The van der Waals surface area contributed by atoms with E-state index in [1.54, 1.807) is 18.2 Å². The molecule has 0 unspecified atom stereocenters. The molecular formula is C25H27Cl2FN6O2. The first-order valence-corrected chi connectivity index (χ1v) is 12.3. The van der Waals surface area contributed by atoms with Crippen molar-refractivity contribution >= 4 is 46.6 Å².